The molecule has 5 nitrogen and oxygen atoms in total. The minimum absolute atomic E-state index is 0.317. The van der Waals surface area contributed by atoms with Gasteiger partial charge in [0, 0.05) is 29.9 Å². The van der Waals surface area contributed by atoms with Gasteiger partial charge >= 0.3 is 5.97 Å². The normalized spacial score (nSPS) is 11.9. The van der Waals surface area contributed by atoms with Crippen LogP contribution in [0.15, 0.2) is 48.5 Å². The van der Waals surface area contributed by atoms with Crippen LogP contribution in [-0.2, 0) is 27.1 Å². The van der Waals surface area contributed by atoms with E-state index in [0.717, 1.165) is 39.6 Å². The quantitative estimate of drug-likeness (QED) is 0.356. The standard InChI is InChI=1S/C26H31NO4S/c1-5-29-24(26(28)30-6-2)17-21-12-13-22(16-18(21)3)31-15-14-23-19(4)32-25(27-23)20-10-8-7-9-11-20/h7-13,16,24H,5-6,14-15,17H2,1-4H3. The summed E-state index contributed by atoms with van der Waals surface area (Å²) in [4.78, 5) is 18.2. The smallest absolute Gasteiger partial charge is 0.335 e. The van der Waals surface area contributed by atoms with E-state index in [9.17, 15) is 4.79 Å². The van der Waals surface area contributed by atoms with E-state index in [1.54, 1.807) is 18.3 Å². The maximum atomic E-state index is 12.1. The molecule has 0 aliphatic carbocycles. The van der Waals surface area contributed by atoms with Crippen LogP contribution in [-0.4, -0.2) is 36.9 Å². The lowest BCUT2D eigenvalue weighted by molar-refractivity contribution is -0.156. The number of carbonyl (C=O) groups excluding carboxylic acids is 1. The van der Waals surface area contributed by atoms with Crippen LogP contribution in [0.1, 0.15) is 35.5 Å². The van der Waals surface area contributed by atoms with E-state index < -0.39 is 6.10 Å². The second-order valence-corrected chi connectivity index (χ2v) is 8.68. The van der Waals surface area contributed by atoms with Crippen molar-refractivity contribution in [3.8, 4) is 16.3 Å². The van der Waals surface area contributed by atoms with Gasteiger partial charge in [0.05, 0.1) is 18.9 Å². The molecular formula is C26H31NO4S. The third kappa shape index (κ3) is 6.40. The van der Waals surface area contributed by atoms with Gasteiger partial charge < -0.3 is 14.2 Å². The van der Waals surface area contributed by atoms with Gasteiger partial charge in [-0.15, -0.1) is 11.3 Å². The first-order valence-corrected chi connectivity index (χ1v) is 11.9. The summed E-state index contributed by atoms with van der Waals surface area (Å²) in [6.07, 6.45) is 0.654. The average Bonchev–Trinajstić information content (AvgIpc) is 3.16. The maximum Gasteiger partial charge on any atom is 0.335 e. The van der Waals surface area contributed by atoms with Gasteiger partial charge in [-0.3, -0.25) is 0 Å². The van der Waals surface area contributed by atoms with Crippen molar-refractivity contribution in [1.29, 1.82) is 0 Å². The molecule has 170 valence electrons. The number of nitrogens with zero attached hydrogens (tertiary/aromatic N) is 1. The first kappa shape index (κ1) is 24.0. The predicted molar refractivity (Wildman–Crippen MR) is 128 cm³/mol. The Morgan fingerprint density at radius 1 is 1.06 bits per heavy atom. The van der Waals surface area contributed by atoms with Crippen molar-refractivity contribution in [2.24, 2.45) is 0 Å². The molecule has 0 fully saturated rings. The lowest BCUT2D eigenvalue weighted by atomic mass is 10.0. The van der Waals surface area contributed by atoms with E-state index in [1.807, 2.05) is 50.2 Å². The first-order chi connectivity index (χ1) is 15.5. The summed E-state index contributed by atoms with van der Waals surface area (Å²) in [7, 11) is 0. The van der Waals surface area contributed by atoms with Crippen LogP contribution < -0.4 is 4.74 Å². The Morgan fingerprint density at radius 3 is 2.53 bits per heavy atom. The number of benzene rings is 2. The lowest BCUT2D eigenvalue weighted by Gasteiger charge is -2.17. The maximum absolute atomic E-state index is 12.1. The topological polar surface area (TPSA) is 57.7 Å². The number of thiazole rings is 1. The molecule has 6 heteroatoms. The molecule has 0 spiro atoms. The molecule has 1 atom stereocenters. The Labute approximate surface area is 194 Å². The SMILES string of the molecule is CCOC(=O)C(Cc1ccc(OCCc2nc(-c3ccccc3)sc2C)cc1C)OCC. The molecule has 1 heterocycles. The molecule has 0 saturated heterocycles. The minimum Gasteiger partial charge on any atom is -0.493 e. The van der Waals surface area contributed by atoms with Gasteiger partial charge in [0.15, 0.2) is 6.10 Å². The highest BCUT2D eigenvalue weighted by Gasteiger charge is 2.21. The van der Waals surface area contributed by atoms with Crippen molar-refractivity contribution in [1.82, 2.24) is 4.98 Å². The number of esters is 1. The largest absolute Gasteiger partial charge is 0.493 e. The number of rotatable bonds is 11. The van der Waals surface area contributed by atoms with E-state index >= 15 is 0 Å². The zero-order valence-electron chi connectivity index (χ0n) is 19.2. The summed E-state index contributed by atoms with van der Waals surface area (Å²) in [6, 6.07) is 16.2. The van der Waals surface area contributed by atoms with Gasteiger partial charge in [-0.25, -0.2) is 9.78 Å². The van der Waals surface area contributed by atoms with Crippen LogP contribution >= 0.6 is 11.3 Å². The molecule has 1 aromatic heterocycles. The summed E-state index contributed by atoms with van der Waals surface area (Å²) < 4.78 is 16.7. The molecule has 32 heavy (non-hydrogen) atoms. The molecule has 0 saturated carbocycles. The number of ether oxygens (including phenoxy) is 3. The van der Waals surface area contributed by atoms with Crippen LogP contribution in [0.5, 0.6) is 5.75 Å². The van der Waals surface area contributed by atoms with Gasteiger partial charge in [-0.2, -0.15) is 0 Å². The number of aromatic nitrogens is 1. The minimum atomic E-state index is -0.586. The highest BCUT2D eigenvalue weighted by atomic mass is 32.1. The number of aryl methyl sites for hydroxylation is 2. The third-order valence-electron chi connectivity index (χ3n) is 5.16. The van der Waals surface area contributed by atoms with Gasteiger partial charge in [0.25, 0.3) is 0 Å². The molecule has 0 aliphatic rings. The second kappa shape index (κ2) is 11.8. The van der Waals surface area contributed by atoms with E-state index in [0.29, 0.717) is 26.2 Å². The van der Waals surface area contributed by atoms with Crippen LogP contribution in [0.2, 0.25) is 0 Å². The second-order valence-electron chi connectivity index (χ2n) is 7.47. The molecule has 3 rings (SSSR count). The highest BCUT2D eigenvalue weighted by molar-refractivity contribution is 7.15. The Balaban J connectivity index is 1.58. The van der Waals surface area contributed by atoms with E-state index in [1.165, 1.54) is 4.88 Å². The van der Waals surface area contributed by atoms with Crippen molar-refractivity contribution >= 4 is 17.3 Å². The van der Waals surface area contributed by atoms with E-state index in [2.05, 4.69) is 19.1 Å². The summed E-state index contributed by atoms with van der Waals surface area (Å²) >= 11 is 1.72. The van der Waals surface area contributed by atoms with Crippen LogP contribution in [0.3, 0.4) is 0 Å². The molecule has 0 N–H and O–H groups in total. The molecule has 0 aliphatic heterocycles. The van der Waals surface area contributed by atoms with Crippen LogP contribution in [0, 0.1) is 13.8 Å². The monoisotopic (exact) mass is 453 g/mol. The van der Waals surface area contributed by atoms with Crippen molar-refractivity contribution in [2.45, 2.75) is 46.6 Å². The van der Waals surface area contributed by atoms with Crippen molar-refractivity contribution < 1.29 is 19.0 Å². The molecular weight excluding hydrogens is 422 g/mol. The molecule has 2 aromatic carbocycles. The summed E-state index contributed by atoms with van der Waals surface area (Å²) in [5.74, 6) is 0.495. The number of hydrogen-bond acceptors (Lipinski definition) is 6. The fraction of sp³-hybridized carbons (Fsp3) is 0.385. The zero-order chi connectivity index (χ0) is 22.9. The fourth-order valence-corrected chi connectivity index (χ4v) is 4.43. The van der Waals surface area contributed by atoms with Gasteiger partial charge in [-0.1, -0.05) is 36.4 Å². The van der Waals surface area contributed by atoms with E-state index in [4.69, 9.17) is 19.2 Å². The zero-order valence-corrected chi connectivity index (χ0v) is 20.0. The van der Waals surface area contributed by atoms with Crippen molar-refractivity contribution in [3.05, 3.63) is 70.2 Å². The van der Waals surface area contributed by atoms with Gasteiger partial charge in [0.2, 0.25) is 0 Å². The van der Waals surface area contributed by atoms with Crippen molar-refractivity contribution in [2.75, 3.05) is 19.8 Å². The van der Waals surface area contributed by atoms with Gasteiger partial charge in [-0.05, 0) is 51.0 Å². The average molecular weight is 454 g/mol. The van der Waals surface area contributed by atoms with Crippen LogP contribution in [0.4, 0.5) is 0 Å². The Morgan fingerprint density at radius 2 is 1.84 bits per heavy atom. The molecule has 0 bridgehead atoms. The number of hydrogen-bond donors (Lipinski definition) is 0. The van der Waals surface area contributed by atoms with E-state index in [-0.39, 0.29) is 5.97 Å². The lowest BCUT2D eigenvalue weighted by Crippen LogP contribution is -2.29. The number of carbonyl (C=O) groups is 1. The summed E-state index contributed by atoms with van der Waals surface area (Å²) in [5.41, 5.74) is 4.34. The van der Waals surface area contributed by atoms with Gasteiger partial charge in [0.1, 0.15) is 10.8 Å². The fourth-order valence-electron chi connectivity index (χ4n) is 3.46. The van der Waals surface area contributed by atoms with Crippen LogP contribution in [0.25, 0.3) is 10.6 Å². The summed E-state index contributed by atoms with van der Waals surface area (Å²) in [6.45, 7) is 9.17. The molecule has 3 aromatic rings. The molecule has 0 amide bonds. The highest BCUT2D eigenvalue weighted by Crippen LogP contribution is 2.28. The molecule has 1 unspecified atom stereocenters. The predicted octanol–water partition coefficient (Wildman–Crippen LogP) is 5.56. The third-order valence-corrected chi connectivity index (χ3v) is 6.22. The van der Waals surface area contributed by atoms with Crippen molar-refractivity contribution in [3.63, 3.8) is 0 Å². The Kier molecular flexibility index (Phi) is 8.82. The summed E-state index contributed by atoms with van der Waals surface area (Å²) in [5, 5.41) is 1.05. The Hall–Kier alpha value is -2.70. The first-order valence-electron chi connectivity index (χ1n) is 11.0. The molecule has 0 radical (unpaired) electrons. The Bertz CT molecular complexity index is 1020.